The summed E-state index contributed by atoms with van der Waals surface area (Å²) in [5.41, 5.74) is 0.251. The number of hydrogen-bond acceptors (Lipinski definition) is 8. The van der Waals surface area contributed by atoms with Crippen LogP contribution in [0.4, 0.5) is 5.69 Å². The zero-order chi connectivity index (χ0) is 28.5. The van der Waals surface area contributed by atoms with E-state index in [2.05, 4.69) is 10.3 Å². The predicted molar refractivity (Wildman–Crippen MR) is 149 cm³/mol. The number of Topliss-reactive ketones (excluding diaryl/α,β-unsaturated/α-hetero) is 2. The average molecular weight is 568 g/mol. The largest absolute Gasteiger partial charge is 0.427 e. The molecule has 1 aliphatic rings. The molecule has 1 aromatic carbocycles. The minimum atomic E-state index is -1.14. The van der Waals surface area contributed by atoms with Crippen LogP contribution < -0.4 is 15.0 Å². The first-order valence-electron chi connectivity index (χ1n) is 12.3. The fourth-order valence-electron chi connectivity index (χ4n) is 4.37. The molecule has 0 fully saturated rings. The van der Waals surface area contributed by atoms with E-state index in [0.717, 1.165) is 5.69 Å². The van der Waals surface area contributed by atoms with E-state index in [9.17, 15) is 19.2 Å². The number of benzene rings is 1. The van der Waals surface area contributed by atoms with Crippen molar-refractivity contribution in [3.05, 3.63) is 35.4 Å². The molecule has 0 aromatic heterocycles. The number of halogens is 2. The lowest BCUT2D eigenvalue weighted by molar-refractivity contribution is -0.136. The second kappa shape index (κ2) is 14.4. The Labute approximate surface area is 233 Å². The number of aliphatic imine (C=N–C) groups is 1. The van der Waals surface area contributed by atoms with E-state index in [0.29, 0.717) is 30.6 Å². The molecule has 0 spiro atoms. The quantitative estimate of drug-likeness (QED) is 0.168. The number of nitrogens with one attached hydrogen (secondary N) is 1. The maximum Gasteiger partial charge on any atom is 0.312 e. The highest BCUT2D eigenvalue weighted by Gasteiger charge is 2.44. The van der Waals surface area contributed by atoms with Crippen LogP contribution in [0.15, 0.2) is 40.4 Å². The molecular formula is C27H35Cl2N3O6. The number of methoxy groups -OCH3 is 1. The molecule has 1 aliphatic carbocycles. The lowest BCUT2D eigenvalue weighted by Crippen LogP contribution is -2.47. The van der Waals surface area contributed by atoms with Gasteiger partial charge in [0, 0.05) is 67.7 Å². The first kappa shape index (κ1) is 31.5. The molecule has 0 saturated heterocycles. The standard InChI is InChI=1S/C27H35Cl2N3O6/c1-17-22(25(36)23(26(37-5)24(17)35)31-13-12-30-18(2)33)27(3,4)16-21(34)38-20-8-6-19(7-9-20)32(14-10-28)15-11-29/h6-9,26H,10-16H2,1-5H3,(H,30,33). The Bertz CT molecular complexity index is 1090. The van der Waals surface area contributed by atoms with Crippen LogP contribution in [-0.2, 0) is 23.9 Å². The number of ether oxygens (including phenoxy) is 2. The molecule has 0 saturated carbocycles. The van der Waals surface area contributed by atoms with Crippen LogP contribution in [0.5, 0.6) is 5.75 Å². The first-order chi connectivity index (χ1) is 18.0. The van der Waals surface area contributed by atoms with E-state index in [4.69, 9.17) is 32.7 Å². The summed E-state index contributed by atoms with van der Waals surface area (Å²) >= 11 is 11.7. The second-order valence-corrected chi connectivity index (χ2v) is 10.2. The van der Waals surface area contributed by atoms with Gasteiger partial charge < -0.3 is 19.7 Å². The summed E-state index contributed by atoms with van der Waals surface area (Å²) in [4.78, 5) is 56.8. The lowest BCUT2D eigenvalue weighted by Gasteiger charge is -2.33. The molecular weight excluding hydrogens is 533 g/mol. The monoisotopic (exact) mass is 567 g/mol. The van der Waals surface area contributed by atoms with Gasteiger partial charge in [-0.2, -0.15) is 0 Å². The molecule has 38 heavy (non-hydrogen) atoms. The van der Waals surface area contributed by atoms with Crippen molar-refractivity contribution < 1.29 is 28.7 Å². The van der Waals surface area contributed by atoms with Gasteiger partial charge in [-0.25, -0.2) is 0 Å². The molecule has 0 aliphatic heterocycles. The van der Waals surface area contributed by atoms with Gasteiger partial charge in [0.2, 0.25) is 11.7 Å². The van der Waals surface area contributed by atoms with Crippen LogP contribution in [0.3, 0.4) is 0 Å². The maximum absolute atomic E-state index is 13.5. The molecule has 1 aromatic rings. The van der Waals surface area contributed by atoms with Gasteiger partial charge in [0.05, 0.1) is 13.0 Å². The van der Waals surface area contributed by atoms with Crippen molar-refractivity contribution in [2.75, 3.05) is 49.9 Å². The molecule has 2 rings (SSSR count). The average Bonchev–Trinajstić information content (AvgIpc) is 2.84. The summed E-state index contributed by atoms with van der Waals surface area (Å²) in [6, 6.07) is 6.99. The molecule has 1 N–H and O–H groups in total. The van der Waals surface area contributed by atoms with Crippen molar-refractivity contribution >= 4 is 58.0 Å². The number of nitrogens with zero attached hydrogens (tertiary/aromatic N) is 2. The van der Waals surface area contributed by atoms with Crippen LogP contribution in [0, 0.1) is 5.41 Å². The Hall–Kier alpha value is -2.75. The number of hydrogen-bond donors (Lipinski definition) is 1. The molecule has 11 heteroatoms. The van der Waals surface area contributed by atoms with E-state index < -0.39 is 29.1 Å². The third-order valence-electron chi connectivity index (χ3n) is 6.10. The number of esters is 1. The van der Waals surface area contributed by atoms with E-state index in [1.807, 2.05) is 17.0 Å². The van der Waals surface area contributed by atoms with Crippen molar-refractivity contribution in [3.8, 4) is 5.75 Å². The van der Waals surface area contributed by atoms with E-state index in [1.54, 1.807) is 32.9 Å². The number of carbonyl (C=O) groups is 4. The smallest absolute Gasteiger partial charge is 0.312 e. The number of allylic oxidation sites excluding steroid dienone is 1. The fourth-order valence-corrected chi connectivity index (χ4v) is 4.78. The molecule has 0 radical (unpaired) electrons. The van der Waals surface area contributed by atoms with Crippen LogP contribution >= 0.6 is 23.2 Å². The topological polar surface area (TPSA) is 114 Å². The minimum Gasteiger partial charge on any atom is -0.427 e. The molecule has 1 unspecified atom stereocenters. The second-order valence-electron chi connectivity index (χ2n) is 9.45. The van der Waals surface area contributed by atoms with Crippen molar-refractivity contribution in [2.45, 2.75) is 40.2 Å². The molecule has 9 nitrogen and oxygen atoms in total. The normalized spacial score (nSPS) is 17.1. The molecule has 1 amide bonds. The van der Waals surface area contributed by atoms with Crippen molar-refractivity contribution in [1.29, 1.82) is 0 Å². The minimum absolute atomic E-state index is 0.0427. The summed E-state index contributed by atoms with van der Waals surface area (Å²) in [5.74, 6) is -0.387. The van der Waals surface area contributed by atoms with Gasteiger partial charge in [-0.05, 0) is 31.2 Å². The highest BCUT2D eigenvalue weighted by Crippen LogP contribution is 2.37. The predicted octanol–water partition coefficient (Wildman–Crippen LogP) is 3.35. The number of ketones is 2. The Morgan fingerprint density at radius 1 is 1.11 bits per heavy atom. The van der Waals surface area contributed by atoms with Gasteiger partial charge in [-0.15, -0.1) is 23.2 Å². The van der Waals surface area contributed by atoms with Crippen LogP contribution in [0.25, 0.3) is 0 Å². The van der Waals surface area contributed by atoms with Crippen LogP contribution in [0.2, 0.25) is 0 Å². The molecule has 0 heterocycles. The third kappa shape index (κ3) is 8.12. The Kier molecular flexibility index (Phi) is 11.9. The summed E-state index contributed by atoms with van der Waals surface area (Å²) < 4.78 is 10.8. The maximum atomic E-state index is 13.5. The van der Waals surface area contributed by atoms with E-state index >= 15 is 0 Å². The Morgan fingerprint density at radius 2 is 1.71 bits per heavy atom. The number of rotatable bonds is 13. The van der Waals surface area contributed by atoms with Crippen LogP contribution in [0.1, 0.15) is 34.1 Å². The highest BCUT2D eigenvalue weighted by atomic mass is 35.5. The molecule has 0 bridgehead atoms. The number of alkyl halides is 2. The molecule has 1 atom stereocenters. The first-order valence-corrected chi connectivity index (χ1v) is 13.3. The molecule has 208 valence electrons. The number of anilines is 1. The fraction of sp³-hybridized carbons (Fsp3) is 0.519. The van der Waals surface area contributed by atoms with Gasteiger partial charge in [-0.1, -0.05) is 13.8 Å². The number of carbonyl (C=O) groups excluding carboxylic acids is 4. The Balaban J connectivity index is 2.20. The van der Waals surface area contributed by atoms with Gasteiger partial charge in [0.15, 0.2) is 11.9 Å². The van der Waals surface area contributed by atoms with Gasteiger partial charge in [0.1, 0.15) is 11.5 Å². The third-order valence-corrected chi connectivity index (χ3v) is 6.44. The SMILES string of the molecule is COC1C(=O)C(C)=C(C(C)(C)CC(=O)Oc2ccc(N(CCCl)CCCl)cc2)C(=O)C1=NCCNC(C)=O. The summed E-state index contributed by atoms with van der Waals surface area (Å²) in [6.07, 6.45) is -1.29. The van der Waals surface area contributed by atoms with Gasteiger partial charge in [-0.3, -0.25) is 24.2 Å². The lowest BCUT2D eigenvalue weighted by atomic mass is 9.71. The summed E-state index contributed by atoms with van der Waals surface area (Å²) in [6.45, 7) is 7.91. The zero-order valence-corrected chi connectivity index (χ0v) is 23.9. The van der Waals surface area contributed by atoms with Gasteiger partial charge >= 0.3 is 5.97 Å². The summed E-state index contributed by atoms with van der Waals surface area (Å²) in [7, 11) is 1.33. The van der Waals surface area contributed by atoms with Crippen LogP contribution in [-0.4, -0.2) is 80.3 Å². The number of amides is 1. The van der Waals surface area contributed by atoms with Crippen molar-refractivity contribution in [1.82, 2.24) is 5.32 Å². The van der Waals surface area contributed by atoms with Crippen molar-refractivity contribution in [2.24, 2.45) is 10.4 Å². The highest BCUT2D eigenvalue weighted by molar-refractivity contribution is 6.54. The van der Waals surface area contributed by atoms with Gasteiger partial charge in [0.25, 0.3) is 0 Å². The van der Waals surface area contributed by atoms with Crippen molar-refractivity contribution in [3.63, 3.8) is 0 Å². The van der Waals surface area contributed by atoms with E-state index in [1.165, 1.54) is 14.0 Å². The van der Waals surface area contributed by atoms with E-state index in [-0.39, 0.29) is 42.3 Å². The summed E-state index contributed by atoms with van der Waals surface area (Å²) in [5, 5.41) is 2.59. The Morgan fingerprint density at radius 3 is 2.24 bits per heavy atom. The zero-order valence-electron chi connectivity index (χ0n) is 22.4.